The Balaban J connectivity index is 2.40. The van der Waals surface area contributed by atoms with E-state index >= 15 is 0 Å². The lowest BCUT2D eigenvalue weighted by Crippen LogP contribution is -2.12. The van der Waals surface area contributed by atoms with Crippen LogP contribution in [0, 0.1) is 5.92 Å². The van der Waals surface area contributed by atoms with Gasteiger partial charge in [0.05, 0.1) is 11.4 Å². The summed E-state index contributed by atoms with van der Waals surface area (Å²) in [5.41, 5.74) is 1.60. The van der Waals surface area contributed by atoms with Crippen LogP contribution in [0.25, 0.3) is 10.9 Å². The summed E-state index contributed by atoms with van der Waals surface area (Å²) in [7, 11) is 0. The van der Waals surface area contributed by atoms with E-state index < -0.39 is 11.9 Å². The number of carboxylic acid groups (broad SMARTS) is 1. The van der Waals surface area contributed by atoms with Gasteiger partial charge in [-0.3, -0.25) is 4.79 Å². The zero-order valence-corrected chi connectivity index (χ0v) is 10.1. The molecule has 0 fully saturated rings. The minimum Gasteiger partial charge on any atom is -0.481 e. The highest BCUT2D eigenvalue weighted by Crippen LogP contribution is 2.22. The summed E-state index contributed by atoms with van der Waals surface area (Å²) in [5, 5.41) is 10.2. The van der Waals surface area contributed by atoms with Crippen LogP contribution >= 0.6 is 11.6 Å². The monoisotopic (exact) mass is 249 g/mol. The van der Waals surface area contributed by atoms with Crippen molar-refractivity contribution < 1.29 is 9.90 Å². The minimum atomic E-state index is -0.825. The molecule has 0 aliphatic heterocycles. The lowest BCUT2D eigenvalue weighted by Gasteiger charge is -2.08. The quantitative estimate of drug-likeness (QED) is 0.850. The van der Waals surface area contributed by atoms with Crippen LogP contribution < -0.4 is 0 Å². The number of pyridine rings is 1. The van der Waals surface area contributed by atoms with Gasteiger partial charge in [0.1, 0.15) is 5.15 Å². The number of carboxylic acids is 1. The Morgan fingerprint density at radius 2 is 2.18 bits per heavy atom. The van der Waals surface area contributed by atoms with E-state index in [-0.39, 0.29) is 0 Å². The number of halogens is 1. The molecule has 0 aliphatic rings. The molecule has 4 heteroatoms. The van der Waals surface area contributed by atoms with Gasteiger partial charge in [0, 0.05) is 5.39 Å². The number of benzene rings is 1. The first-order valence-corrected chi connectivity index (χ1v) is 5.72. The topological polar surface area (TPSA) is 50.2 Å². The van der Waals surface area contributed by atoms with E-state index in [1.807, 2.05) is 30.3 Å². The van der Waals surface area contributed by atoms with E-state index in [0.29, 0.717) is 11.6 Å². The first-order valence-electron chi connectivity index (χ1n) is 5.35. The van der Waals surface area contributed by atoms with E-state index in [1.165, 1.54) is 0 Å². The molecule has 1 unspecified atom stereocenters. The van der Waals surface area contributed by atoms with Crippen molar-refractivity contribution >= 4 is 28.5 Å². The second-order valence-electron chi connectivity index (χ2n) is 4.07. The van der Waals surface area contributed by atoms with Crippen molar-refractivity contribution in [3.8, 4) is 0 Å². The van der Waals surface area contributed by atoms with Crippen molar-refractivity contribution in [3.63, 3.8) is 0 Å². The Kier molecular flexibility index (Phi) is 3.29. The van der Waals surface area contributed by atoms with Crippen LogP contribution in [-0.4, -0.2) is 16.1 Å². The second-order valence-corrected chi connectivity index (χ2v) is 4.43. The largest absolute Gasteiger partial charge is 0.481 e. The molecule has 88 valence electrons. The molecule has 0 spiro atoms. The van der Waals surface area contributed by atoms with Gasteiger partial charge < -0.3 is 5.11 Å². The van der Waals surface area contributed by atoms with Crippen molar-refractivity contribution in [2.24, 2.45) is 5.92 Å². The number of aromatic nitrogens is 1. The zero-order valence-electron chi connectivity index (χ0n) is 9.35. The summed E-state index contributed by atoms with van der Waals surface area (Å²) in [5.74, 6) is -1.29. The summed E-state index contributed by atoms with van der Waals surface area (Å²) in [6.45, 7) is 1.66. The summed E-state index contributed by atoms with van der Waals surface area (Å²) < 4.78 is 0. The summed E-state index contributed by atoms with van der Waals surface area (Å²) >= 11 is 6.05. The fourth-order valence-electron chi connectivity index (χ4n) is 1.70. The molecule has 1 heterocycles. The van der Waals surface area contributed by atoms with Crippen LogP contribution in [0.1, 0.15) is 12.5 Å². The predicted octanol–water partition coefficient (Wildman–Crippen LogP) is 3.15. The highest BCUT2D eigenvalue weighted by atomic mass is 35.5. The third kappa shape index (κ3) is 2.56. The van der Waals surface area contributed by atoms with Gasteiger partial charge in [0.15, 0.2) is 0 Å². The van der Waals surface area contributed by atoms with Gasteiger partial charge in [0.2, 0.25) is 0 Å². The predicted molar refractivity (Wildman–Crippen MR) is 67.3 cm³/mol. The van der Waals surface area contributed by atoms with Crippen LogP contribution in [0.2, 0.25) is 5.15 Å². The van der Waals surface area contributed by atoms with Crippen LogP contribution in [0.4, 0.5) is 0 Å². The van der Waals surface area contributed by atoms with E-state index in [4.69, 9.17) is 16.7 Å². The minimum absolute atomic E-state index is 0.386. The van der Waals surface area contributed by atoms with Gasteiger partial charge >= 0.3 is 5.97 Å². The van der Waals surface area contributed by atoms with Crippen molar-refractivity contribution in [1.29, 1.82) is 0 Å². The Morgan fingerprint density at radius 3 is 2.88 bits per heavy atom. The summed E-state index contributed by atoms with van der Waals surface area (Å²) in [4.78, 5) is 15.1. The SMILES string of the molecule is CC(Cc1cc2ccccc2nc1Cl)C(=O)O. The van der Waals surface area contributed by atoms with Gasteiger partial charge in [-0.25, -0.2) is 4.98 Å². The highest BCUT2D eigenvalue weighted by molar-refractivity contribution is 6.30. The molecule has 1 N–H and O–H groups in total. The number of nitrogens with zero attached hydrogens (tertiary/aromatic N) is 1. The lowest BCUT2D eigenvalue weighted by atomic mass is 10.0. The molecule has 1 atom stereocenters. The van der Waals surface area contributed by atoms with Gasteiger partial charge in [-0.15, -0.1) is 0 Å². The van der Waals surface area contributed by atoms with Gasteiger partial charge in [-0.05, 0) is 24.1 Å². The van der Waals surface area contributed by atoms with Gasteiger partial charge in [0.25, 0.3) is 0 Å². The Bertz CT molecular complexity index is 568. The second kappa shape index (κ2) is 4.72. The number of hydrogen-bond donors (Lipinski definition) is 1. The Morgan fingerprint density at radius 1 is 1.47 bits per heavy atom. The maximum atomic E-state index is 10.8. The van der Waals surface area contributed by atoms with E-state index in [1.54, 1.807) is 6.92 Å². The molecular weight excluding hydrogens is 238 g/mol. The normalized spacial score (nSPS) is 12.6. The fraction of sp³-hybridized carbons (Fsp3) is 0.231. The number of hydrogen-bond acceptors (Lipinski definition) is 2. The molecule has 0 saturated carbocycles. The molecule has 17 heavy (non-hydrogen) atoms. The lowest BCUT2D eigenvalue weighted by molar-refractivity contribution is -0.141. The number of rotatable bonds is 3. The standard InChI is InChI=1S/C13H12ClNO2/c1-8(13(16)17)6-10-7-9-4-2-3-5-11(9)15-12(10)14/h2-5,7-8H,6H2,1H3,(H,16,17). The molecule has 1 aromatic heterocycles. The number of aliphatic carboxylic acids is 1. The average molecular weight is 250 g/mol. The Labute approximate surface area is 104 Å². The fourth-order valence-corrected chi connectivity index (χ4v) is 1.92. The molecule has 3 nitrogen and oxygen atoms in total. The van der Waals surface area contributed by atoms with Crippen molar-refractivity contribution in [2.45, 2.75) is 13.3 Å². The third-order valence-electron chi connectivity index (χ3n) is 2.70. The highest BCUT2D eigenvalue weighted by Gasteiger charge is 2.14. The van der Waals surface area contributed by atoms with Crippen LogP contribution in [0.5, 0.6) is 0 Å². The number of fused-ring (bicyclic) bond motifs is 1. The van der Waals surface area contributed by atoms with Crippen molar-refractivity contribution in [3.05, 3.63) is 41.0 Å². The Hall–Kier alpha value is -1.61. The first-order chi connectivity index (χ1) is 8.08. The number of carbonyl (C=O) groups is 1. The van der Waals surface area contributed by atoms with Crippen molar-refractivity contribution in [2.75, 3.05) is 0 Å². The first kappa shape index (κ1) is 11.9. The number of para-hydroxylation sites is 1. The average Bonchev–Trinajstić information content (AvgIpc) is 2.29. The third-order valence-corrected chi connectivity index (χ3v) is 3.03. The maximum Gasteiger partial charge on any atom is 0.306 e. The molecule has 1 aromatic carbocycles. The molecular formula is C13H12ClNO2. The summed E-state index contributed by atoms with van der Waals surface area (Å²) in [6.07, 6.45) is 0.395. The van der Waals surface area contributed by atoms with Crippen LogP contribution in [0.15, 0.2) is 30.3 Å². The molecule has 0 radical (unpaired) electrons. The maximum absolute atomic E-state index is 10.8. The summed E-state index contributed by atoms with van der Waals surface area (Å²) in [6, 6.07) is 9.54. The smallest absolute Gasteiger partial charge is 0.306 e. The molecule has 0 aliphatic carbocycles. The van der Waals surface area contributed by atoms with Crippen LogP contribution in [0.3, 0.4) is 0 Å². The van der Waals surface area contributed by atoms with E-state index in [9.17, 15) is 4.79 Å². The molecule has 2 rings (SSSR count). The zero-order chi connectivity index (χ0) is 12.4. The van der Waals surface area contributed by atoms with Gasteiger partial charge in [-0.2, -0.15) is 0 Å². The van der Waals surface area contributed by atoms with E-state index in [0.717, 1.165) is 16.5 Å². The molecule has 0 saturated heterocycles. The van der Waals surface area contributed by atoms with Crippen molar-refractivity contribution in [1.82, 2.24) is 4.98 Å². The van der Waals surface area contributed by atoms with E-state index in [2.05, 4.69) is 4.98 Å². The molecule has 0 amide bonds. The molecule has 2 aromatic rings. The van der Waals surface area contributed by atoms with Crippen LogP contribution in [-0.2, 0) is 11.2 Å². The van der Waals surface area contributed by atoms with Gasteiger partial charge in [-0.1, -0.05) is 36.7 Å². The molecule has 0 bridgehead atoms.